The number of nitrogens with zero attached hydrogens (tertiary/aromatic N) is 2. The van der Waals surface area contributed by atoms with Crippen LogP contribution in [0.5, 0.6) is 0 Å². The maximum Gasteiger partial charge on any atom is 0.227 e. The van der Waals surface area contributed by atoms with E-state index in [1.54, 1.807) is 0 Å². The zero-order valence-electron chi connectivity index (χ0n) is 16.3. The smallest absolute Gasteiger partial charge is 0.227 e. The summed E-state index contributed by atoms with van der Waals surface area (Å²) in [5.74, 6) is 0.589. The number of hydrogen-bond acceptors (Lipinski definition) is 4. The highest BCUT2D eigenvalue weighted by Gasteiger charge is 2.36. The Labute approximate surface area is 166 Å². The van der Waals surface area contributed by atoms with Crippen LogP contribution in [0.4, 0.5) is 0 Å². The number of aliphatic hydroxyl groups excluding tert-OH is 2. The summed E-state index contributed by atoms with van der Waals surface area (Å²) in [6.45, 7) is 4.18. The average Bonchev–Trinajstić information content (AvgIpc) is 3.13. The maximum atomic E-state index is 13.0. The van der Waals surface area contributed by atoms with Crippen molar-refractivity contribution < 1.29 is 15.0 Å². The fraction of sp³-hybridized carbons (Fsp3) is 0.522. The van der Waals surface area contributed by atoms with E-state index in [0.717, 1.165) is 48.8 Å². The van der Waals surface area contributed by atoms with E-state index < -0.39 is 0 Å². The van der Waals surface area contributed by atoms with Gasteiger partial charge in [0.25, 0.3) is 0 Å². The summed E-state index contributed by atoms with van der Waals surface area (Å²) >= 11 is 0. The molecule has 0 unspecified atom stereocenters. The van der Waals surface area contributed by atoms with E-state index in [1.165, 1.54) is 0 Å². The molecule has 0 spiro atoms. The molecular weight excluding hydrogens is 352 g/mol. The van der Waals surface area contributed by atoms with Gasteiger partial charge in [-0.05, 0) is 35.1 Å². The standard InChI is InChI=1S/C23H30N2O3/c26-16-20-15-25(14-19(20)13-24-10-8-21(27)9-11-24)23(28)12-18-6-3-5-17-4-1-2-7-22(17)18/h1-7,19-21,26-27H,8-16H2/t19-,20-/m1/s1. The minimum atomic E-state index is -0.174. The van der Waals surface area contributed by atoms with E-state index in [0.29, 0.717) is 25.4 Å². The highest BCUT2D eigenvalue weighted by molar-refractivity contribution is 5.90. The topological polar surface area (TPSA) is 64.0 Å². The zero-order chi connectivity index (χ0) is 19.5. The summed E-state index contributed by atoms with van der Waals surface area (Å²) in [6.07, 6.45) is 1.87. The van der Waals surface area contributed by atoms with Crippen LogP contribution in [0.15, 0.2) is 42.5 Å². The van der Waals surface area contributed by atoms with Crippen LogP contribution in [0.25, 0.3) is 10.8 Å². The van der Waals surface area contributed by atoms with Gasteiger partial charge in [-0.3, -0.25) is 4.79 Å². The monoisotopic (exact) mass is 382 g/mol. The number of amides is 1. The minimum Gasteiger partial charge on any atom is -0.396 e. The highest BCUT2D eigenvalue weighted by Crippen LogP contribution is 2.27. The van der Waals surface area contributed by atoms with Crippen molar-refractivity contribution in [3.05, 3.63) is 48.0 Å². The van der Waals surface area contributed by atoms with Crippen LogP contribution in [-0.4, -0.2) is 71.4 Å². The van der Waals surface area contributed by atoms with E-state index in [4.69, 9.17) is 0 Å². The second-order valence-electron chi connectivity index (χ2n) is 8.35. The van der Waals surface area contributed by atoms with Crippen LogP contribution >= 0.6 is 0 Å². The quantitative estimate of drug-likeness (QED) is 0.829. The van der Waals surface area contributed by atoms with Gasteiger partial charge in [-0.15, -0.1) is 0 Å². The molecule has 2 N–H and O–H groups in total. The molecule has 2 saturated heterocycles. The molecule has 0 saturated carbocycles. The summed E-state index contributed by atoms with van der Waals surface area (Å²) in [6, 6.07) is 14.3. The van der Waals surface area contributed by atoms with Crippen LogP contribution in [-0.2, 0) is 11.2 Å². The Hall–Kier alpha value is -1.95. The van der Waals surface area contributed by atoms with Crippen molar-refractivity contribution >= 4 is 16.7 Å². The molecule has 0 radical (unpaired) electrons. The third kappa shape index (κ3) is 4.22. The van der Waals surface area contributed by atoms with E-state index in [9.17, 15) is 15.0 Å². The van der Waals surface area contributed by atoms with Crippen molar-refractivity contribution in [2.24, 2.45) is 11.8 Å². The third-order valence-corrected chi connectivity index (χ3v) is 6.44. The first-order valence-corrected chi connectivity index (χ1v) is 10.4. The molecule has 2 fully saturated rings. The molecule has 2 atom stereocenters. The van der Waals surface area contributed by atoms with E-state index in [-0.39, 0.29) is 24.5 Å². The van der Waals surface area contributed by atoms with Crippen molar-refractivity contribution in [1.82, 2.24) is 9.80 Å². The molecule has 5 nitrogen and oxygen atoms in total. The molecule has 5 heteroatoms. The van der Waals surface area contributed by atoms with Crippen LogP contribution in [0.1, 0.15) is 18.4 Å². The lowest BCUT2D eigenvalue weighted by atomic mass is 9.95. The first-order chi connectivity index (χ1) is 13.6. The summed E-state index contributed by atoms with van der Waals surface area (Å²) < 4.78 is 0. The summed E-state index contributed by atoms with van der Waals surface area (Å²) in [5.41, 5.74) is 1.07. The van der Waals surface area contributed by atoms with Crippen LogP contribution < -0.4 is 0 Å². The number of carbonyl (C=O) groups is 1. The number of piperidine rings is 1. The van der Waals surface area contributed by atoms with E-state index >= 15 is 0 Å². The Morgan fingerprint density at radius 2 is 1.71 bits per heavy atom. The van der Waals surface area contributed by atoms with Gasteiger partial charge < -0.3 is 20.0 Å². The van der Waals surface area contributed by atoms with Gasteiger partial charge in [0.15, 0.2) is 0 Å². The van der Waals surface area contributed by atoms with Crippen molar-refractivity contribution in [1.29, 1.82) is 0 Å². The summed E-state index contributed by atoms with van der Waals surface area (Å²) in [4.78, 5) is 17.3. The van der Waals surface area contributed by atoms with Crippen LogP contribution in [0.3, 0.4) is 0 Å². The van der Waals surface area contributed by atoms with Crippen molar-refractivity contribution in [2.75, 3.05) is 39.3 Å². The second-order valence-corrected chi connectivity index (χ2v) is 8.35. The first kappa shape index (κ1) is 19.4. The average molecular weight is 383 g/mol. The summed E-state index contributed by atoms with van der Waals surface area (Å²) in [7, 11) is 0. The van der Waals surface area contributed by atoms with Gasteiger partial charge in [-0.2, -0.15) is 0 Å². The minimum absolute atomic E-state index is 0.124. The molecule has 28 heavy (non-hydrogen) atoms. The Kier molecular flexibility index (Phi) is 5.95. The predicted octanol–water partition coefficient (Wildman–Crippen LogP) is 1.91. The molecule has 4 rings (SSSR count). The molecule has 2 heterocycles. The second kappa shape index (κ2) is 8.60. The molecule has 1 amide bonds. The van der Waals surface area contributed by atoms with Gasteiger partial charge in [-0.1, -0.05) is 42.5 Å². The third-order valence-electron chi connectivity index (χ3n) is 6.44. The van der Waals surface area contributed by atoms with Gasteiger partial charge in [0, 0.05) is 45.2 Å². The molecular formula is C23H30N2O3. The number of aliphatic hydroxyl groups is 2. The SMILES string of the molecule is O=C(Cc1cccc2ccccc12)N1C[C@@H](CN2CCC(O)CC2)[C@@H](CO)C1. The molecule has 150 valence electrons. The van der Waals surface area contributed by atoms with Crippen molar-refractivity contribution in [2.45, 2.75) is 25.4 Å². The highest BCUT2D eigenvalue weighted by atomic mass is 16.3. The van der Waals surface area contributed by atoms with Gasteiger partial charge in [0.05, 0.1) is 12.5 Å². The molecule has 2 aromatic carbocycles. The van der Waals surface area contributed by atoms with Crippen LogP contribution in [0, 0.1) is 11.8 Å². The molecule has 0 bridgehead atoms. The summed E-state index contributed by atoms with van der Waals surface area (Å²) in [5, 5.41) is 21.8. The maximum absolute atomic E-state index is 13.0. The molecule has 2 aromatic rings. The Morgan fingerprint density at radius 1 is 1.00 bits per heavy atom. The fourth-order valence-corrected chi connectivity index (χ4v) is 4.71. The molecule has 0 aromatic heterocycles. The molecule has 2 aliphatic rings. The molecule has 2 aliphatic heterocycles. The van der Waals surface area contributed by atoms with Gasteiger partial charge in [0.2, 0.25) is 5.91 Å². The van der Waals surface area contributed by atoms with Crippen LogP contribution in [0.2, 0.25) is 0 Å². The normalized spacial score (nSPS) is 24.1. The fourth-order valence-electron chi connectivity index (χ4n) is 4.71. The largest absolute Gasteiger partial charge is 0.396 e. The number of likely N-dealkylation sites (tertiary alicyclic amines) is 2. The number of hydrogen-bond donors (Lipinski definition) is 2. The molecule has 0 aliphatic carbocycles. The number of carbonyl (C=O) groups excluding carboxylic acids is 1. The Bertz CT molecular complexity index is 811. The predicted molar refractivity (Wildman–Crippen MR) is 110 cm³/mol. The van der Waals surface area contributed by atoms with E-state index in [1.807, 2.05) is 29.2 Å². The lowest BCUT2D eigenvalue weighted by Gasteiger charge is -2.32. The first-order valence-electron chi connectivity index (χ1n) is 10.4. The number of fused-ring (bicyclic) bond motifs is 1. The zero-order valence-corrected chi connectivity index (χ0v) is 16.3. The lowest BCUT2D eigenvalue weighted by Crippen LogP contribution is -2.40. The van der Waals surface area contributed by atoms with Gasteiger partial charge in [-0.25, -0.2) is 0 Å². The van der Waals surface area contributed by atoms with Crippen molar-refractivity contribution in [3.63, 3.8) is 0 Å². The van der Waals surface area contributed by atoms with Gasteiger partial charge in [0.1, 0.15) is 0 Å². The number of benzene rings is 2. The van der Waals surface area contributed by atoms with E-state index in [2.05, 4.69) is 23.1 Å². The lowest BCUT2D eigenvalue weighted by molar-refractivity contribution is -0.129. The Balaban J connectivity index is 1.40. The van der Waals surface area contributed by atoms with Crippen molar-refractivity contribution in [3.8, 4) is 0 Å². The number of rotatable bonds is 5. The Morgan fingerprint density at radius 3 is 2.50 bits per heavy atom. The van der Waals surface area contributed by atoms with Gasteiger partial charge >= 0.3 is 0 Å².